The van der Waals surface area contributed by atoms with Gasteiger partial charge in [0.2, 0.25) is 0 Å². The number of quaternary nitrogens is 2. The van der Waals surface area contributed by atoms with Gasteiger partial charge in [0, 0.05) is 6.61 Å². The number of hydrogen-bond donors (Lipinski definition) is 2. The zero-order chi connectivity index (χ0) is 14.6. The molecule has 1 atom stereocenters. The molecule has 1 aliphatic heterocycles. The van der Waals surface area contributed by atoms with Crippen LogP contribution in [-0.4, -0.2) is 39.4 Å². The summed E-state index contributed by atoms with van der Waals surface area (Å²) in [6, 6.07) is 4.01. The number of ether oxygens (including phenoxy) is 1. The molecule has 0 amide bonds. The lowest BCUT2D eigenvalue weighted by molar-refractivity contribution is -0.870. The second-order valence-corrected chi connectivity index (χ2v) is 7.20. The first-order chi connectivity index (χ1) is 9.41. The van der Waals surface area contributed by atoms with Gasteiger partial charge in [-0.05, 0) is 38.8 Å². The van der Waals surface area contributed by atoms with Crippen molar-refractivity contribution in [2.75, 3.05) is 33.8 Å². The van der Waals surface area contributed by atoms with Gasteiger partial charge in [0.05, 0.1) is 44.5 Å². The quantitative estimate of drug-likeness (QED) is 0.775. The summed E-state index contributed by atoms with van der Waals surface area (Å²) in [7, 11) is 4.49. The van der Waals surface area contributed by atoms with E-state index in [1.807, 2.05) is 12.1 Å². The molecule has 1 fully saturated rings. The molecule has 4 heteroatoms. The predicted octanol–water partition coefficient (Wildman–Crippen LogP) is 0.0629. The molecule has 1 saturated heterocycles. The molecule has 20 heavy (non-hydrogen) atoms. The zero-order valence-electron chi connectivity index (χ0n) is 13.4. The summed E-state index contributed by atoms with van der Waals surface area (Å²) < 4.78 is 11.3. The van der Waals surface area contributed by atoms with Crippen molar-refractivity contribution in [3.05, 3.63) is 24.2 Å². The van der Waals surface area contributed by atoms with Crippen LogP contribution in [0, 0.1) is 5.41 Å². The third-order valence-corrected chi connectivity index (χ3v) is 4.16. The maximum absolute atomic E-state index is 5.91. The molecule has 0 aliphatic carbocycles. The van der Waals surface area contributed by atoms with E-state index in [0.29, 0.717) is 5.41 Å². The molecule has 0 saturated carbocycles. The maximum atomic E-state index is 5.91. The number of furan rings is 1. The molecule has 2 heterocycles. The van der Waals surface area contributed by atoms with Crippen LogP contribution in [0.15, 0.2) is 22.8 Å². The van der Waals surface area contributed by atoms with Crippen molar-refractivity contribution in [2.24, 2.45) is 5.41 Å². The van der Waals surface area contributed by atoms with Crippen molar-refractivity contribution in [2.45, 2.75) is 38.8 Å². The summed E-state index contributed by atoms with van der Waals surface area (Å²) in [5.41, 5.74) is 0.374. The Morgan fingerprint density at radius 3 is 2.75 bits per heavy atom. The number of nitrogens with two attached hydrogens (primary N) is 1. The second-order valence-electron chi connectivity index (χ2n) is 7.20. The molecule has 114 valence electrons. The number of nitrogens with one attached hydrogen (secondary N) is 1. The summed E-state index contributed by atoms with van der Waals surface area (Å²) in [6.45, 7) is 8.60. The maximum Gasteiger partial charge on any atom is 0.157 e. The van der Waals surface area contributed by atoms with Crippen molar-refractivity contribution in [3.63, 3.8) is 0 Å². The fourth-order valence-corrected chi connectivity index (χ4v) is 3.68. The highest BCUT2D eigenvalue weighted by molar-refractivity contribution is 4.95. The Bertz CT molecular complexity index is 401. The molecule has 3 N–H and O–H groups in total. The SMILES string of the molecule is C[NH+](C)C[C@]1(C[NH2+]Cc2ccco2)CCOC(C)(C)C1. The third-order valence-electron chi connectivity index (χ3n) is 4.16. The van der Waals surface area contributed by atoms with E-state index in [9.17, 15) is 0 Å². The Balaban J connectivity index is 1.95. The molecule has 0 spiro atoms. The first kappa shape index (κ1) is 15.5. The molecule has 1 aliphatic rings. The first-order valence-electron chi connectivity index (χ1n) is 7.68. The van der Waals surface area contributed by atoms with Gasteiger partial charge in [-0.15, -0.1) is 0 Å². The van der Waals surface area contributed by atoms with Gasteiger partial charge in [0.25, 0.3) is 0 Å². The fourth-order valence-electron chi connectivity index (χ4n) is 3.68. The molecular formula is C16H30N2O2+2. The molecule has 0 aromatic carbocycles. The van der Waals surface area contributed by atoms with E-state index >= 15 is 0 Å². The summed E-state index contributed by atoms with van der Waals surface area (Å²) >= 11 is 0. The van der Waals surface area contributed by atoms with Crippen molar-refractivity contribution in [3.8, 4) is 0 Å². The predicted molar refractivity (Wildman–Crippen MR) is 78.6 cm³/mol. The van der Waals surface area contributed by atoms with Crippen molar-refractivity contribution < 1.29 is 19.4 Å². The Hall–Kier alpha value is -0.840. The van der Waals surface area contributed by atoms with Gasteiger partial charge in [-0.2, -0.15) is 0 Å². The highest BCUT2D eigenvalue weighted by Crippen LogP contribution is 2.36. The summed E-state index contributed by atoms with van der Waals surface area (Å²) in [5.74, 6) is 1.06. The van der Waals surface area contributed by atoms with E-state index in [-0.39, 0.29) is 5.60 Å². The van der Waals surface area contributed by atoms with E-state index in [1.165, 1.54) is 11.4 Å². The van der Waals surface area contributed by atoms with Crippen LogP contribution in [0.2, 0.25) is 0 Å². The van der Waals surface area contributed by atoms with E-state index in [4.69, 9.17) is 9.15 Å². The van der Waals surface area contributed by atoms with Crippen LogP contribution in [0.4, 0.5) is 0 Å². The molecular weight excluding hydrogens is 252 g/mol. The lowest BCUT2D eigenvalue weighted by atomic mass is 9.73. The lowest BCUT2D eigenvalue weighted by Crippen LogP contribution is -3.08. The smallest absolute Gasteiger partial charge is 0.157 e. The second kappa shape index (κ2) is 6.29. The van der Waals surface area contributed by atoms with Crippen LogP contribution >= 0.6 is 0 Å². The largest absolute Gasteiger partial charge is 0.463 e. The van der Waals surface area contributed by atoms with Crippen molar-refractivity contribution in [1.29, 1.82) is 0 Å². The zero-order valence-corrected chi connectivity index (χ0v) is 13.4. The van der Waals surface area contributed by atoms with Gasteiger partial charge in [0.15, 0.2) is 5.76 Å². The molecule has 0 radical (unpaired) electrons. The van der Waals surface area contributed by atoms with Crippen LogP contribution < -0.4 is 10.2 Å². The average Bonchev–Trinajstić information content (AvgIpc) is 2.79. The van der Waals surface area contributed by atoms with Gasteiger partial charge < -0.3 is 19.4 Å². The standard InChI is InChI=1S/C16H28N2O2/c1-15(2)11-16(7-9-20-15,13-18(3)4)12-17-10-14-6-5-8-19-14/h5-6,8,17H,7,9-13H2,1-4H3/p+2/t16-/m1/s1. The van der Waals surface area contributed by atoms with Crippen LogP contribution in [-0.2, 0) is 11.3 Å². The van der Waals surface area contributed by atoms with Gasteiger partial charge in [0.1, 0.15) is 6.54 Å². The minimum absolute atomic E-state index is 0.00617. The van der Waals surface area contributed by atoms with E-state index in [1.54, 1.807) is 6.26 Å². The van der Waals surface area contributed by atoms with E-state index in [2.05, 4.69) is 33.3 Å². The third kappa shape index (κ3) is 4.33. The minimum atomic E-state index is 0.00617. The Morgan fingerprint density at radius 1 is 1.35 bits per heavy atom. The van der Waals surface area contributed by atoms with E-state index in [0.717, 1.165) is 38.3 Å². The molecule has 1 aromatic rings. The Labute approximate surface area is 122 Å². The summed E-state index contributed by atoms with van der Waals surface area (Å²) in [6.07, 6.45) is 4.05. The topological polar surface area (TPSA) is 43.4 Å². The summed E-state index contributed by atoms with van der Waals surface area (Å²) in [5, 5.41) is 2.39. The van der Waals surface area contributed by atoms with Crippen LogP contribution in [0.3, 0.4) is 0 Å². The monoisotopic (exact) mass is 282 g/mol. The summed E-state index contributed by atoms with van der Waals surface area (Å²) in [4.78, 5) is 1.52. The highest BCUT2D eigenvalue weighted by Gasteiger charge is 2.44. The molecule has 4 nitrogen and oxygen atoms in total. The van der Waals surface area contributed by atoms with Crippen LogP contribution in [0.25, 0.3) is 0 Å². The molecule has 0 bridgehead atoms. The molecule has 1 aromatic heterocycles. The highest BCUT2D eigenvalue weighted by atomic mass is 16.5. The van der Waals surface area contributed by atoms with Gasteiger partial charge in [-0.1, -0.05) is 0 Å². The Kier molecular flexibility index (Phi) is 4.89. The number of hydrogen-bond acceptors (Lipinski definition) is 2. The molecule has 2 rings (SSSR count). The lowest BCUT2D eigenvalue weighted by Gasteiger charge is -2.43. The van der Waals surface area contributed by atoms with Crippen LogP contribution in [0.1, 0.15) is 32.4 Å². The van der Waals surface area contributed by atoms with Gasteiger partial charge >= 0.3 is 0 Å². The minimum Gasteiger partial charge on any atom is -0.463 e. The van der Waals surface area contributed by atoms with Crippen molar-refractivity contribution in [1.82, 2.24) is 0 Å². The fraction of sp³-hybridized carbons (Fsp3) is 0.750. The van der Waals surface area contributed by atoms with Gasteiger partial charge in [-0.25, -0.2) is 0 Å². The van der Waals surface area contributed by atoms with Crippen molar-refractivity contribution >= 4 is 0 Å². The first-order valence-corrected chi connectivity index (χ1v) is 7.68. The van der Waals surface area contributed by atoms with E-state index < -0.39 is 0 Å². The average molecular weight is 282 g/mol. The number of rotatable bonds is 6. The normalized spacial score (nSPS) is 26.1. The molecule has 0 unspecified atom stereocenters. The van der Waals surface area contributed by atoms with Crippen LogP contribution in [0.5, 0.6) is 0 Å². The Morgan fingerprint density at radius 2 is 2.15 bits per heavy atom. The van der Waals surface area contributed by atoms with Gasteiger partial charge in [-0.3, -0.25) is 0 Å².